The number of alkyl halides is 3. The first-order valence-corrected chi connectivity index (χ1v) is 5.19. The van der Waals surface area contributed by atoms with Crippen molar-refractivity contribution in [3.63, 3.8) is 0 Å². The highest BCUT2D eigenvalue weighted by molar-refractivity contribution is 5.69. The summed E-state index contributed by atoms with van der Waals surface area (Å²) >= 11 is 0. The second-order valence-corrected chi connectivity index (χ2v) is 3.68. The molecule has 0 radical (unpaired) electrons. The van der Waals surface area contributed by atoms with Gasteiger partial charge in [-0.2, -0.15) is 13.2 Å². The molecule has 106 valence electrons. The summed E-state index contributed by atoms with van der Waals surface area (Å²) in [6, 6.07) is 0. The number of carbonyl (C=O) groups excluding carboxylic acids is 1. The summed E-state index contributed by atoms with van der Waals surface area (Å²) in [5, 5.41) is 19.4. The van der Waals surface area contributed by atoms with Crippen LogP contribution in [0.2, 0.25) is 0 Å². The molecule has 0 aliphatic heterocycles. The molecular formula is C9H14F3NO5. The predicted octanol–water partition coefficient (Wildman–Crippen LogP) is 1.29. The van der Waals surface area contributed by atoms with Crippen LogP contribution in [0.25, 0.3) is 0 Å². The van der Waals surface area contributed by atoms with Crippen LogP contribution in [0.1, 0.15) is 26.2 Å². The van der Waals surface area contributed by atoms with E-state index in [2.05, 4.69) is 4.74 Å². The second-order valence-electron chi connectivity index (χ2n) is 3.68. The number of ether oxygens (including phenoxy) is 1. The summed E-state index contributed by atoms with van der Waals surface area (Å²) in [5.41, 5.74) is -3.41. The largest absolute Gasteiger partial charge is 0.466 e. The van der Waals surface area contributed by atoms with Gasteiger partial charge in [0.2, 0.25) is 12.1 Å². The molecule has 0 saturated carbocycles. The summed E-state index contributed by atoms with van der Waals surface area (Å²) in [6.07, 6.45) is -6.71. The van der Waals surface area contributed by atoms with Crippen LogP contribution in [0.4, 0.5) is 13.2 Å². The van der Waals surface area contributed by atoms with Gasteiger partial charge >= 0.3 is 12.1 Å². The predicted molar refractivity (Wildman–Crippen MR) is 53.4 cm³/mol. The van der Waals surface area contributed by atoms with Crippen molar-refractivity contribution in [2.75, 3.05) is 13.2 Å². The molecular weight excluding hydrogens is 259 g/mol. The highest BCUT2D eigenvalue weighted by atomic mass is 19.4. The molecule has 0 spiro atoms. The Balaban J connectivity index is 4.44. The number of esters is 1. The summed E-state index contributed by atoms with van der Waals surface area (Å²) in [4.78, 5) is 19.8. The molecule has 0 bridgehead atoms. The Bertz CT molecular complexity index is 307. The first-order valence-electron chi connectivity index (χ1n) is 5.19. The lowest BCUT2D eigenvalue weighted by molar-refractivity contribution is -0.516. The van der Waals surface area contributed by atoms with Crippen molar-refractivity contribution < 1.29 is 32.7 Å². The molecule has 1 N–H and O–H groups in total. The second kappa shape index (κ2) is 6.53. The van der Waals surface area contributed by atoms with Crippen LogP contribution in [-0.2, 0) is 9.53 Å². The van der Waals surface area contributed by atoms with Gasteiger partial charge in [-0.25, -0.2) is 0 Å². The van der Waals surface area contributed by atoms with Crippen molar-refractivity contribution in [1.29, 1.82) is 0 Å². The minimum Gasteiger partial charge on any atom is -0.466 e. The van der Waals surface area contributed by atoms with E-state index in [-0.39, 0.29) is 19.4 Å². The number of rotatable bonds is 7. The molecule has 0 heterocycles. The lowest BCUT2D eigenvalue weighted by atomic mass is 9.96. The topological polar surface area (TPSA) is 89.7 Å². The molecule has 0 fully saturated rings. The van der Waals surface area contributed by atoms with E-state index in [0.29, 0.717) is 0 Å². The van der Waals surface area contributed by atoms with Gasteiger partial charge in [0.15, 0.2) is 0 Å². The van der Waals surface area contributed by atoms with E-state index in [1.807, 2.05) is 0 Å². The van der Waals surface area contributed by atoms with E-state index in [4.69, 9.17) is 0 Å². The van der Waals surface area contributed by atoms with Crippen LogP contribution in [0.3, 0.4) is 0 Å². The number of halogens is 3. The summed E-state index contributed by atoms with van der Waals surface area (Å²) in [7, 11) is 0. The molecule has 0 aromatic carbocycles. The molecule has 0 aromatic heterocycles. The minimum atomic E-state index is -5.12. The molecule has 0 aliphatic rings. The van der Waals surface area contributed by atoms with Gasteiger partial charge in [0.25, 0.3) is 0 Å². The van der Waals surface area contributed by atoms with Crippen LogP contribution in [0, 0.1) is 10.1 Å². The number of nitro groups is 1. The zero-order chi connectivity index (χ0) is 14.4. The number of hydrogen-bond acceptors (Lipinski definition) is 5. The maximum absolute atomic E-state index is 12.5. The lowest BCUT2D eigenvalue weighted by Crippen LogP contribution is -2.50. The van der Waals surface area contributed by atoms with Gasteiger partial charge in [0.05, 0.1) is 6.61 Å². The fourth-order valence-corrected chi connectivity index (χ4v) is 1.28. The maximum atomic E-state index is 12.5. The third-order valence-electron chi connectivity index (χ3n) is 2.19. The van der Waals surface area contributed by atoms with E-state index in [0.717, 1.165) is 0 Å². The number of hydrogen-bond donors (Lipinski definition) is 1. The summed E-state index contributed by atoms with van der Waals surface area (Å²) in [5.74, 6) is -0.705. The molecule has 0 unspecified atom stereocenters. The Kier molecular flexibility index (Phi) is 6.02. The molecule has 0 aromatic rings. The van der Waals surface area contributed by atoms with Gasteiger partial charge in [0.1, 0.15) is 0 Å². The van der Waals surface area contributed by atoms with Crippen LogP contribution in [0.5, 0.6) is 0 Å². The monoisotopic (exact) mass is 273 g/mol. The first kappa shape index (κ1) is 16.6. The fourth-order valence-electron chi connectivity index (χ4n) is 1.28. The molecule has 0 aliphatic carbocycles. The zero-order valence-electron chi connectivity index (χ0n) is 9.70. The average Bonchev–Trinajstić information content (AvgIpc) is 2.14. The van der Waals surface area contributed by atoms with Crippen LogP contribution >= 0.6 is 0 Å². The van der Waals surface area contributed by atoms with Crippen molar-refractivity contribution in [3.05, 3.63) is 10.1 Å². The van der Waals surface area contributed by atoms with Gasteiger partial charge in [-0.3, -0.25) is 14.9 Å². The fraction of sp³-hybridized carbons (Fsp3) is 0.889. The third-order valence-corrected chi connectivity index (χ3v) is 2.19. The van der Waals surface area contributed by atoms with Gasteiger partial charge in [-0.15, -0.1) is 0 Å². The van der Waals surface area contributed by atoms with Gasteiger partial charge in [0, 0.05) is 11.3 Å². The number of carbonyl (C=O) groups is 1. The van der Waals surface area contributed by atoms with Gasteiger partial charge < -0.3 is 9.84 Å². The molecule has 6 nitrogen and oxygen atoms in total. The molecule has 0 saturated heterocycles. The molecule has 0 amide bonds. The Hall–Kier alpha value is -1.38. The number of nitrogens with zero attached hydrogens (tertiary/aromatic N) is 1. The Morgan fingerprint density at radius 3 is 2.39 bits per heavy atom. The van der Waals surface area contributed by atoms with E-state index >= 15 is 0 Å². The zero-order valence-corrected chi connectivity index (χ0v) is 9.70. The quantitative estimate of drug-likeness (QED) is 0.429. The summed E-state index contributed by atoms with van der Waals surface area (Å²) < 4.78 is 41.9. The van der Waals surface area contributed by atoms with E-state index in [1.54, 1.807) is 0 Å². The molecule has 18 heavy (non-hydrogen) atoms. The van der Waals surface area contributed by atoms with Crippen LogP contribution in [-0.4, -0.2) is 40.9 Å². The van der Waals surface area contributed by atoms with Crippen molar-refractivity contribution in [2.45, 2.75) is 38.0 Å². The normalized spacial score (nSPS) is 14.9. The SMILES string of the molecule is CCOC(=O)CCC[C@](O)(C[N+](=O)[O-])C(F)(F)F. The maximum Gasteiger partial charge on any atom is 0.423 e. The Morgan fingerprint density at radius 2 is 2.00 bits per heavy atom. The molecule has 9 heteroatoms. The first-order chi connectivity index (χ1) is 8.12. The standard InChI is InChI=1S/C9H14F3NO5/c1-2-18-7(14)4-3-5-8(15,6-13(16)17)9(10,11)12/h15H,2-6H2,1H3/t8-/m0/s1. The van der Waals surface area contributed by atoms with Crippen molar-refractivity contribution in [2.24, 2.45) is 0 Å². The van der Waals surface area contributed by atoms with Crippen molar-refractivity contribution in [3.8, 4) is 0 Å². The Morgan fingerprint density at radius 1 is 1.44 bits per heavy atom. The average molecular weight is 273 g/mol. The van der Waals surface area contributed by atoms with E-state index < -0.39 is 35.6 Å². The number of aliphatic hydroxyl groups is 1. The molecule has 0 rings (SSSR count). The minimum absolute atomic E-state index is 0.0945. The van der Waals surface area contributed by atoms with Gasteiger partial charge in [-0.05, 0) is 19.8 Å². The Labute approximate surface area is 101 Å². The highest BCUT2D eigenvalue weighted by Crippen LogP contribution is 2.34. The third kappa shape index (κ3) is 5.30. The van der Waals surface area contributed by atoms with Gasteiger partial charge in [-0.1, -0.05) is 0 Å². The summed E-state index contributed by atoms with van der Waals surface area (Å²) in [6.45, 7) is -0.00666. The molecule has 1 atom stereocenters. The smallest absolute Gasteiger partial charge is 0.423 e. The lowest BCUT2D eigenvalue weighted by Gasteiger charge is -2.26. The van der Waals surface area contributed by atoms with Crippen LogP contribution in [0.15, 0.2) is 0 Å². The van der Waals surface area contributed by atoms with Crippen molar-refractivity contribution in [1.82, 2.24) is 0 Å². The van der Waals surface area contributed by atoms with Crippen molar-refractivity contribution >= 4 is 5.97 Å². The van der Waals surface area contributed by atoms with E-state index in [1.165, 1.54) is 6.92 Å². The van der Waals surface area contributed by atoms with Crippen LogP contribution < -0.4 is 0 Å². The van der Waals surface area contributed by atoms with E-state index in [9.17, 15) is 33.2 Å². The highest BCUT2D eigenvalue weighted by Gasteiger charge is 2.57.